The smallest absolute Gasteiger partial charge is 0.340 e. The van der Waals surface area contributed by atoms with Crippen LogP contribution in [-0.4, -0.2) is 22.5 Å². The number of hydrogen-bond donors (Lipinski definition) is 1. The zero-order chi connectivity index (χ0) is 15.7. The molecule has 0 fully saturated rings. The number of aromatic nitrogens is 2. The molecule has 1 aromatic carbocycles. The van der Waals surface area contributed by atoms with Crippen LogP contribution in [0.4, 0.5) is 15.8 Å². The molecule has 1 N–H and O–H groups in total. The standard InChI is InChI=1S/C15H11ClFN3O2/c1-22-15(21)10-3-2-9(8-11(10)17)19-12-4-5-13(16)20-7-6-18-14(12)20/h2-8,19H,1H3. The number of ether oxygens (including phenoxy) is 1. The lowest BCUT2D eigenvalue weighted by molar-refractivity contribution is 0.0595. The van der Waals surface area contributed by atoms with Crippen molar-refractivity contribution in [2.24, 2.45) is 0 Å². The van der Waals surface area contributed by atoms with Crippen LogP contribution >= 0.6 is 11.6 Å². The number of nitrogens with zero attached hydrogens (tertiary/aromatic N) is 2. The minimum absolute atomic E-state index is 0.116. The third kappa shape index (κ3) is 2.48. The van der Waals surface area contributed by atoms with Gasteiger partial charge in [0.1, 0.15) is 11.0 Å². The largest absolute Gasteiger partial charge is 0.465 e. The van der Waals surface area contributed by atoms with E-state index in [0.29, 0.717) is 22.2 Å². The van der Waals surface area contributed by atoms with Gasteiger partial charge < -0.3 is 10.1 Å². The van der Waals surface area contributed by atoms with E-state index in [1.807, 2.05) is 0 Å². The van der Waals surface area contributed by atoms with E-state index in [-0.39, 0.29) is 5.56 Å². The van der Waals surface area contributed by atoms with E-state index in [1.54, 1.807) is 35.0 Å². The van der Waals surface area contributed by atoms with Gasteiger partial charge in [-0.05, 0) is 30.3 Å². The third-order valence-electron chi connectivity index (χ3n) is 3.15. The molecule has 0 aliphatic carbocycles. The summed E-state index contributed by atoms with van der Waals surface area (Å²) in [5.74, 6) is -1.38. The lowest BCUT2D eigenvalue weighted by atomic mass is 10.2. The van der Waals surface area contributed by atoms with Crippen molar-refractivity contribution in [1.29, 1.82) is 0 Å². The quantitative estimate of drug-likeness (QED) is 0.591. The predicted molar refractivity (Wildman–Crippen MR) is 81.2 cm³/mol. The third-order valence-corrected chi connectivity index (χ3v) is 3.46. The van der Waals surface area contributed by atoms with Crippen LogP contribution in [0.1, 0.15) is 10.4 Å². The van der Waals surface area contributed by atoms with Crippen LogP contribution in [0.2, 0.25) is 5.15 Å². The predicted octanol–water partition coefficient (Wildman–Crippen LogP) is 3.66. The molecule has 0 unspecified atom stereocenters. The molecule has 5 nitrogen and oxygen atoms in total. The van der Waals surface area contributed by atoms with E-state index in [0.717, 1.165) is 0 Å². The second-order valence-electron chi connectivity index (χ2n) is 4.50. The fourth-order valence-corrected chi connectivity index (χ4v) is 2.30. The SMILES string of the molecule is COC(=O)c1ccc(Nc2ccc(Cl)n3ccnc23)cc1F. The highest BCUT2D eigenvalue weighted by Crippen LogP contribution is 2.25. The molecule has 2 aromatic heterocycles. The Balaban J connectivity index is 1.96. The second kappa shape index (κ2) is 5.65. The van der Waals surface area contributed by atoms with E-state index >= 15 is 0 Å². The number of pyridine rings is 1. The van der Waals surface area contributed by atoms with Gasteiger partial charge in [0.15, 0.2) is 5.65 Å². The molecule has 0 radical (unpaired) electrons. The highest BCUT2D eigenvalue weighted by Gasteiger charge is 2.13. The molecule has 0 saturated heterocycles. The lowest BCUT2D eigenvalue weighted by Gasteiger charge is -2.10. The van der Waals surface area contributed by atoms with Crippen LogP contribution in [-0.2, 0) is 4.74 Å². The Kier molecular flexibility index (Phi) is 3.68. The summed E-state index contributed by atoms with van der Waals surface area (Å²) in [6, 6.07) is 7.63. The zero-order valence-corrected chi connectivity index (χ0v) is 12.3. The molecule has 0 aliphatic heterocycles. The van der Waals surface area contributed by atoms with Gasteiger partial charge in [-0.1, -0.05) is 11.6 Å². The van der Waals surface area contributed by atoms with Crippen LogP contribution in [0.3, 0.4) is 0 Å². The highest BCUT2D eigenvalue weighted by atomic mass is 35.5. The van der Waals surface area contributed by atoms with Crippen LogP contribution in [0.5, 0.6) is 0 Å². The van der Waals surface area contributed by atoms with Gasteiger partial charge in [0.25, 0.3) is 0 Å². The van der Waals surface area contributed by atoms with Crippen LogP contribution in [0.25, 0.3) is 5.65 Å². The summed E-state index contributed by atoms with van der Waals surface area (Å²) in [5, 5.41) is 3.57. The first-order chi connectivity index (χ1) is 10.6. The molecule has 0 saturated carbocycles. The monoisotopic (exact) mass is 319 g/mol. The Hall–Kier alpha value is -2.60. The molecule has 0 aliphatic rings. The van der Waals surface area contributed by atoms with Crippen molar-refractivity contribution in [2.45, 2.75) is 0 Å². The number of carbonyl (C=O) groups is 1. The normalized spacial score (nSPS) is 10.7. The van der Waals surface area contributed by atoms with Gasteiger partial charge in [0, 0.05) is 18.1 Å². The number of fused-ring (bicyclic) bond motifs is 1. The Morgan fingerprint density at radius 3 is 2.91 bits per heavy atom. The minimum atomic E-state index is -0.716. The molecule has 0 bridgehead atoms. The summed E-state index contributed by atoms with van der Waals surface area (Å²) < 4.78 is 20.1. The first kappa shape index (κ1) is 14.3. The Morgan fingerprint density at radius 1 is 1.36 bits per heavy atom. The molecule has 7 heteroatoms. The van der Waals surface area contributed by atoms with E-state index in [9.17, 15) is 9.18 Å². The van der Waals surface area contributed by atoms with Crippen molar-refractivity contribution < 1.29 is 13.9 Å². The number of rotatable bonds is 3. The number of imidazole rings is 1. The maximum absolute atomic E-state index is 13.9. The average molecular weight is 320 g/mol. The summed E-state index contributed by atoms with van der Waals surface area (Å²) in [7, 11) is 1.21. The number of esters is 1. The van der Waals surface area contributed by atoms with E-state index in [2.05, 4.69) is 15.0 Å². The maximum atomic E-state index is 13.9. The number of halogens is 2. The molecule has 3 rings (SSSR count). The summed E-state index contributed by atoms with van der Waals surface area (Å²) in [4.78, 5) is 15.6. The van der Waals surface area contributed by atoms with Crippen LogP contribution in [0.15, 0.2) is 42.7 Å². The van der Waals surface area contributed by atoms with Crippen molar-refractivity contribution in [3.05, 3.63) is 59.3 Å². The Labute approximate surface area is 130 Å². The first-order valence-corrected chi connectivity index (χ1v) is 6.74. The molecule has 0 atom stereocenters. The van der Waals surface area contributed by atoms with Gasteiger partial charge in [-0.25, -0.2) is 14.2 Å². The number of carbonyl (C=O) groups excluding carboxylic acids is 1. The minimum Gasteiger partial charge on any atom is -0.465 e. The summed E-state index contributed by atoms with van der Waals surface area (Å²) >= 11 is 6.05. The Morgan fingerprint density at radius 2 is 2.18 bits per heavy atom. The highest BCUT2D eigenvalue weighted by molar-refractivity contribution is 6.29. The Bertz CT molecular complexity index is 863. The van der Waals surface area contributed by atoms with Crippen molar-refractivity contribution in [2.75, 3.05) is 12.4 Å². The fraction of sp³-hybridized carbons (Fsp3) is 0.0667. The van der Waals surface area contributed by atoms with Gasteiger partial charge in [0.05, 0.1) is 18.4 Å². The van der Waals surface area contributed by atoms with E-state index in [4.69, 9.17) is 11.6 Å². The number of benzene rings is 1. The van der Waals surface area contributed by atoms with Gasteiger partial charge in [-0.3, -0.25) is 4.40 Å². The summed E-state index contributed by atoms with van der Waals surface area (Å²) in [6.45, 7) is 0. The summed E-state index contributed by atoms with van der Waals surface area (Å²) in [6.07, 6.45) is 3.34. The second-order valence-corrected chi connectivity index (χ2v) is 4.89. The van der Waals surface area contributed by atoms with E-state index < -0.39 is 11.8 Å². The van der Waals surface area contributed by atoms with Gasteiger partial charge in [-0.15, -0.1) is 0 Å². The van der Waals surface area contributed by atoms with Gasteiger partial charge in [-0.2, -0.15) is 0 Å². The molecular weight excluding hydrogens is 309 g/mol. The molecule has 0 amide bonds. The van der Waals surface area contributed by atoms with Crippen molar-refractivity contribution >= 4 is 34.6 Å². The first-order valence-electron chi connectivity index (χ1n) is 6.36. The number of methoxy groups -OCH3 is 1. The van der Waals surface area contributed by atoms with Crippen molar-refractivity contribution in [1.82, 2.24) is 9.38 Å². The topological polar surface area (TPSA) is 55.6 Å². The van der Waals surface area contributed by atoms with Gasteiger partial charge >= 0.3 is 5.97 Å². The number of hydrogen-bond acceptors (Lipinski definition) is 4. The molecule has 22 heavy (non-hydrogen) atoms. The molecule has 112 valence electrons. The molecule has 0 spiro atoms. The van der Waals surface area contributed by atoms with Crippen LogP contribution in [0, 0.1) is 5.82 Å². The molecule has 2 heterocycles. The average Bonchev–Trinajstić information content (AvgIpc) is 3.00. The van der Waals surface area contributed by atoms with Gasteiger partial charge in [0.2, 0.25) is 0 Å². The summed E-state index contributed by atoms with van der Waals surface area (Å²) in [5.41, 5.74) is 1.65. The lowest BCUT2D eigenvalue weighted by Crippen LogP contribution is -2.05. The van der Waals surface area contributed by atoms with E-state index in [1.165, 1.54) is 19.2 Å². The number of nitrogens with one attached hydrogen (secondary N) is 1. The van der Waals surface area contributed by atoms with Crippen molar-refractivity contribution in [3.63, 3.8) is 0 Å². The maximum Gasteiger partial charge on any atom is 0.340 e. The fourth-order valence-electron chi connectivity index (χ4n) is 2.10. The van der Waals surface area contributed by atoms with Crippen LogP contribution < -0.4 is 5.32 Å². The molecule has 3 aromatic rings. The molecular formula is C15H11ClFN3O2. The van der Waals surface area contributed by atoms with Crippen molar-refractivity contribution in [3.8, 4) is 0 Å². The zero-order valence-electron chi connectivity index (χ0n) is 11.5. The number of anilines is 2.